The number of hydrogen-bond donors (Lipinski definition) is 1. The zero-order valence-corrected chi connectivity index (χ0v) is 10.3. The third kappa shape index (κ3) is 2.55. The summed E-state index contributed by atoms with van der Waals surface area (Å²) in [5.74, 6) is -1.31. The first-order valence-corrected chi connectivity index (χ1v) is 5.82. The van der Waals surface area contributed by atoms with Gasteiger partial charge in [-0.2, -0.15) is 0 Å². The minimum atomic E-state index is -0.689. The Bertz CT molecular complexity index is 547. The average Bonchev–Trinajstić information content (AvgIpc) is 2.73. The molecule has 1 saturated heterocycles. The van der Waals surface area contributed by atoms with E-state index in [1.807, 2.05) is 0 Å². The molecular weight excluding hydrogens is 255 g/mol. The van der Waals surface area contributed by atoms with Crippen molar-refractivity contribution < 1.29 is 19.2 Å². The number of nitro benzene ring substituents is 1. The van der Waals surface area contributed by atoms with E-state index in [-0.39, 0.29) is 23.4 Å². The number of carbonyl (C=O) groups is 1. The molecule has 0 aromatic heterocycles. The molecule has 1 N–H and O–H groups in total. The van der Waals surface area contributed by atoms with E-state index in [2.05, 4.69) is 0 Å². The van der Waals surface area contributed by atoms with Gasteiger partial charge in [0.05, 0.1) is 11.0 Å². The van der Waals surface area contributed by atoms with Crippen molar-refractivity contribution in [2.45, 2.75) is 19.4 Å². The lowest BCUT2D eigenvalue weighted by molar-refractivity contribution is -0.385. The maximum Gasteiger partial charge on any atom is 0.285 e. The van der Waals surface area contributed by atoms with Crippen LogP contribution in [-0.4, -0.2) is 40.0 Å². The van der Waals surface area contributed by atoms with Gasteiger partial charge < -0.3 is 10.0 Å². The first kappa shape index (κ1) is 13.4. The van der Waals surface area contributed by atoms with Crippen molar-refractivity contribution in [2.24, 2.45) is 0 Å². The van der Waals surface area contributed by atoms with E-state index in [4.69, 9.17) is 0 Å². The Morgan fingerprint density at radius 2 is 2.26 bits per heavy atom. The summed E-state index contributed by atoms with van der Waals surface area (Å²) in [7, 11) is 0. The normalized spacial score (nSPS) is 18.7. The molecule has 0 spiro atoms. The van der Waals surface area contributed by atoms with Crippen LogP contribution in [-0.2, 0) is 0 Å². The Morgan fingerprint density at radius 3 is 2.79 bits per heavy atom. The molecule has 1 aromatic rings. The van der Waals surface area contributed by atoms with Crippen LogP contribution in [0.3, 0.4) is 0 Å². The summed E-state index contributed by atoms with van der Waals surface area (Å²) >= 11 is 0. The van der Waals surface area contributed by atoms with Crippen molar-refractivity contribution in [1.29, 1.82) is 0 Å². The molecule has 0 bridgehead atoms. The monoisotopic (exact) mass is 268 g/mol. The van der Waals surface area contributed by atoms with Gasteiger partial charge in [-0.05, 0) is 25.5 Å². The molecule has 1 atom stereocenters. The van der Waals surface area contributed by atoms with E-state index < -0.39 is 22.8 Å². The molecule has 1 fully saturated rings. The second-order valence-electron chi connectivity index (χ2n) is 4.57. The maximum atomic E-state index is 13.4. The minimum Gasteiger partial charge on any atom is -0.391 e. The van der Waals surface area contributed by atoms with Gasteiger partial charge in [-0.1, -0.05) is 0 Å². The van der Waals surface area contributed by atoms with E-state index in [0.717, 1.165) is 12.1 Å². The number of rotatable bonds is 2. The third-order valence-corrected chi connectivity index (χ3v) is 3.13. The Balaban J connectivity index is 2.43. The van der Waals surface area contributed by atoms with Crippen LogP contribution in [0, 0.1) is 22.9 Å². The first-order chi connectivity index (χ1) is 8.90. The van der Waals surface area contributed by atoms with Gasteiger partial charge in [-0.3, -0.25) is 14.9 Å². The van der Waals surface area contributed by atoms with Gasteiger partial charge in [-0.15, -0.1) is 0 Å². The van der Waals surface area contributed by atoms with E-state index in [1.54, 1.807) is 0 Å². The molecule has 2 rings (SSSR count). The molecule has 1 aliphatic heterocycles. The fourth-order valence-electron chi connectivity index (χ4n) is 2.24. The quantitative estimate of drug-likeness (QED) is 0.646. The number of hydrogen-bond acceptors (Lipinski definition) is 4. The van der Waals surface area contributed by atoms with Gasteiger partial charge in [0.1, 0.15) is 11.4 Å². The van der Waals surface area contributed by atoms with Crippen molar-refractivity contribution >= 4 is 11.6 Å². The molecule has 0 saturated carbocycles. The van der Waals surface area contributed by atoms with E-state index >= 15 is 0 Å². The van der Waals surface area contributed by atoms with Crippen LogP contribution in [0.1, 0.15) is 22.3 Å². The van der Waals surface area contributed by atoms with Crippen LogP contribution in [0.15, 0.2) is 12.1 Å². The van der Waals surface area contributed by atoms with Crippen LogP contribution in [0.2, 0.25) is 0 Å². The zero-order valence-electron chi connectivity index (χ0n) is 10.3. The number of β-amino-alcohol motifs (C(OH)–C–C–N with tert-alkyl or cyclic N) is 1. The number of nitrogens with zero attached hydrogens (tertiary/aromatic N) is 2. The highest BCUT2D eigenvalue weighted by atomic mass is 19.1. The van der Waals surface area contributed by atoms with Gasteiger partial charge >= 0.3 is 0 Å². The van der Waals surface area contributed by atoms with Crippen LogP contribution >= 0.6 is 0 Å². The zero-order chi connectivity index (χ0) is 14.2. The molecule has 0 aliphatic carbocycles. The third-order valence-electron chi connectivity index (χ3n) is 3.13. The Kier molecular flexibility index (Phi) is 3.48. The predicted octanol–water partition coefficient (Wildman–Crippen LogP) is 1.25. The smallest absolute Gasteiger partial charge is 0.285 e. The summed E-state index contributed by atoms with van der Waals surface area (Å²) < 4.78 is 13.4. The van der Waals surface area contributed by atoms with Crippen molar-refractivity contribution in [3.63, 3.8) is 0 Å². The van der Waals surface area contributed by atoms with Gasteiger partial charge in [0.15, 0.2) is 0 Å². The average molecular weight is 268 g/mol. The number of benzene rings is 1. The Morgan fingerprint density at radius 1 is 1.58 bits per heavy atom. The summed E-state index contributed by atoms with van der Waals surface area (Å²) in [5.41, 5.74) is -0.544. The van der Waals surface area contributed by atoms with Gasteiger partial charge in [-0.25, -0.2) is 4.39 Å². The highest BCUT2D eigenvalue weighted by molar-refractivity contribution is 5.98. The lowest BCUT2D eigenvalue weighted by Crippen LogP contribution is -2.30. The van der Waals surface area contributed by atoms with Gasteiger partial charge in [0.2, 0.25) is 0 Å². The molecule has 1 amide bonds. The molecule has 6 nitrogen and oxygen atoms in total. The van der Waals surface area contributed by atoms with E-state index in [1.165, 1.54) is 11.8 Å². The number of nitro groups is 1. The van der Waals surface area contributed by atoms with E-state index in [0.29, 0.717) is 13.0 Å². The van der Waals surface area contributed by atoms with Crippen LogP contribution < -0.4 is 0 Å². The number of aliphatic hydroxyl groups excluding tert-OH is 1. The molecular formula is C12H13FN2O4. The van der Waals surface area contributed by atoms with E-state index in [9.17, 15) is 24.4 Å². The van der Waals surface area contributed by atoms with Gasteiger partial charge in [0, 0.05) is 18.7 Å². The van der Waals surface area contributed by atoms with Gasteiger partial charge in [0.25, 0.3) is 11.6 Å². The summed E-state index contributed by atoms with van der Waals surface area (Å²) in [6, 6.07) is 1.89. The fraction of sp³-hybridized carbons (Fsp3) is 0.417. The predicted molar refractivity (Wildman–Crippen MR) is 64.3 cm³/mol. The number of likely N-dealkylation sites (tertiary alicyclic amines) is 1. The lowest BCUT2D eigenvalue weighted by atomic mass is 10.1. The number of amides is 1. The van der Waals surface area contributed by atoms with Crippen molar-refractivity contribution in [3.05, 3.63) is 39.2 Å². The summed E-state index contributed by atoms with van der Waals surface area (Å²) in [6.45, 7) is 1.81. The molecule has 0 radical (unpaired) electrons. The summed E-state index contributed by atoms with van der Waals surface area (Å²) in [5, 5.41) is 20.4. The van der Waals surface area contributed by atoms with Crippen molar-refractivity contribution in [1.82, 2.24) is 4.90 Å². The SMILES string of the molecule is Cc1cc(F)cc(C(=O)N2CC[C@@H](O)C2)c1[N+](=O)[O-]. The number of carbonyl (C=O) groups excluding carboxylic acids is 1. The maximum absolute atomic E-state index is 13.4. The molecule has 1 aromatic carbocycles. The fourth-order valence-corrected chi connectivity index (χ4v) is 2.24. The first-order valence-electron chi connectivity index (χ1n) is 5.82. The van der Waals surface area contributed by atoms with Crippen molar-refractivity contribution in [2.75, 3.05) is 13.1 Å². The number of aliphatic hydroxyl groups is 1. The lowest BCUT2D eigenvalue weighted by Gasteiger charge is -2.16. The highest BCUT2D eigenvalue weighted by Crippen LogP contribution is 2.27. The van der Waals surface area contributed by atoms with Crippen LogP contribution in [0.4, 0.5) is 10.1 Å². The van der Waals surface area contributed by atoms with Crippen LogP contribution in [0.25, 0.3) is 0 Å². The largest absolute Gasteiger partial charge is 0.391 e. The standard InChI is InChI=1S/C12H13FN2O4/c1-7-4-8(13)5-10(11(7)15(18)19)12(17)14-3-2-9(16)6-14/h4-5,9,16H,2-3,6H2,1H3/t9-/m1/s1. The molecule has 7 heteroatoms. The Hall–Kier alpha value is -2.02. The molecule has 102 valence electrons. The molecule has 1 aliphatic rings. The number of halogens is 1. The molecule has 19 heavy (non-hydrogen) atoms. The minimum absolute atomic E-state index is 0.105. The molecule has 1 heterocycles. The second kappa shape index (κ2) is 4.93. The van der Waals surface area contributed by atoms with Crippen LogP contribution in [0.5, 0.6) is 0 Å². The molecule has 0 unspecified atom stereocenters. The topological polar surface area (TPSA) is 83.7 Å². The summed E-state index contributed by atoms with van der Waals surface area (Å²) in [4.78, 5) is 23.8. The second-order valence-corrected chi connectivity index (χ2v) is 4.57. The Labute approximate surface area is 108 Å². The summed E-state index contributed by atoms with van der Waals surface area (Å²) in [6.07, 6.45) is -0.203. The van der Waals surface area contributed by atoms with Crippen molar-refractivity contribution in [3.8, 4) is 0 Å². The number of aryl methyl sites for hydroxylation is 1. The highest BCUT2D eigenvalue weighted by Gasteiger charge is 2.31.